The summed E-state index contributed by atoms with van der Waals surface area (Å²) < 4.78 is 0. The number of rotatable bonds is 3. The second-order valence-electron chi connectivity index (χ2n) is 5.54. The van der Waals surface area contributed by atoms with Crippen molar-refractivity contribution in [2.24, 2.45) is 5.10 Å². The van der Waals surface area contributed by atoms with Crippen LogP contribution in [-0.4, -0.2) is 23.6 Å². The first-order valence-electron chi connectivity index (χ1n) is 7.50. The average molecular weight is 285 g/mol. The monoisotopic (exact) mass is 285 g/mol. The van der Waals surface area contributed by atoms with Crippen molar-refractivity contribution in [3.8, 4) is 0 Å². The molecule has 1 saturated carbocycles. The molecule has 3 rings (SSSR count). The number of nitrogens with zero attached hydrogens (tertiary/aromatic N) is 2. The van der Waals surface area contributed by atoms with Crippen LogP contribution in [0.15, 0.2) is 35.4 Å². The standard InChI is InChI=1S/C16H19N3O2/c20-15-11-10-14(16(21)17-12-6-4-5-7-12)18-19(15)13-8-2-1-3-9-13/h1-3,8-9,12H,4-7,10-11H2,(H,17,21). The Balaban J connectivity index is 1.75. The third-order valence-corrected chi connectivity index (χ3v) is 3.99. The van der Waals surface area contributed by atoms with Crippen molar-refractivity contribution in [1.29, 1.82) is 0 Å². The third kappa shape index (κ3) is 3.12. The summed E-state index contributed by atoms with van der Waals surface area (Å²) in [5, 5.41) is 8.63. The zero-order chi connectivity index (χ0) is 14.7. The Hall–Kier alpha value is -2.17. The molecule has 1 aliphatic carbocycles. The first kappa shape index (κ1) is 13.8. The van der Waals surface area contributed by atoms with Crippen molar-refractivity contribution >= 4 is 23.2 Å². The van der Waals surface area contributed by atoms with E-state index in [-0.39, 0.29) is 17.9 Å². The summed E-state index contributed by atoms with van der Waals surface area (Å²) in [7, 11) is 0. The molecule has 5 heteroatoms. The normalized spacial score (nSPS) is 19.5. The fraction of sp³-hybridized carbons (Fsp3) is 0.438. The van der Waals surface area contributed by atoms with Crippen molar-refractivity contribution in [2.45, 2.75) is 44.6 Å². The maximum atomic E-state index is 12.3. The number of benzene rings is 1. The highest BCUT2D eigenvalue weighted by Crippen LogP contribution is 2.21. The summed E-state index contributed by atoms with van der Waals surface area (Å²) in [5.41, 5.74) is 1.15. The minimum absolute atomic E-state index is 0.0707. The van der Waals surface area contributed by atoms with Crippen LogP contribution in [0.4, 0.5) is 5.69 Å². The molecule has 0 bridgehead atoms. The predicted octanol–water partition coefficient (Wildman–Crippen LogP) is 2.23. The van der Waals surface area contributed by atoms with Gasteiger partial charge < -0.3 is 5.32 Å². The number of nitrogens with one attached hydrogen (secondary N) is 1. The Morgan fingerprint density at radius 3 is 2.57 bits per heavy atom. The van der Waals surface area contributed by atoms with Gasteiger partial charge in [-0.1, -0.05) is 31.0 Å². The summed E-state index contributed by atoms with van der Waals surface area (Å²) in [4.78, 5) is 24.3. The molecular weight excluding hydrogens is 266 g/mol. The zero-order valence-electron chi connectivity index (χ0n) is 11.9. The third-order valence-electron chi connectivity index (χ3n) is 3.99. The minimum Gasteiger partial charge on any atom is -0.348 e. The van der Waals surface area contributed by atoms with Crippen LogP contribution in [0.3, 0.4) is 0 Å². The lowest BCUT2D eigenvalue weighted by Crippen LogP contribution is -2.42. The Bertz CT molecular complexity index is 562. The van der Waals surface area contributed by atoms with Gasteiger partial charge in [-0.2, -0.15) is 5.10 Å². The summed E-state index contributed by atoms with van der Waals surface area (Å²) in [6.07, 6.45) is 5.17. The summed E-state index contributed by atoms with van der Waals surface area (Å²) in [6.45, 7) is 0. The largest absolute Gasteiger partial charge is 0.348 e. The number of carbonyl (C=O) groups is 2. The molecule has 1 heterocycles. The lowest BCUT2D eigenvalue weighted by atomic mass is 10.1. The van der Waals surface area contributed by atoms with Crippen molar-refractivity contribution in [2.75, 3.05) is 5.01 Å². The minimum atomic E-state index is -0.129. The highest BCUT2D eigenvalue weighted by atomic mass is 16.2. The summed E-state index contributed by atoms with van der Waals surface area (Å²) in [5.74, 6) is -0.200. The molecule has 5 nitrogen and oxygen atoms in total. The van der Waals surface area contributed by atoms with Gasteiger partial charge in [0.25, 0.3) is 5.91 Å². The van der Waals surface area contributed by atoms with E-state index in [0.29, 0.717) is 24.2 Å². The van der Waals surface area contributed by atoms with Crippen LogP contribution in [0.5, 0.6) is 0 Å². The smallest absolute Gasteiger partial charge is 0.267 e. The molecule has 0 aromatic heterocycles. The van der Waals surface area contributed by atoms with E-state index in [1.54, 1.807) is 0 Å². The zero-order valence-corrected chi connectivity index (χ0v) is 11.9. The lowest BCUT2D eigenvalue weighted by molar-refractivity contribution is -0.119. The number of para-hydroxylation sites is 1. The van der Waals surface area contributed by atoms with E-state index in [0.717, 1.165) is 12.8 Å². The van der Waals surface area contributed by atoms with Gasteiger partial charge in [0.15, 0.2) is 0 Å². The highest BCUT2D eigenvalue weighted by molar-refractivity contribution is 6.40. The van der Waals surface area contributed by atoms with Gasteiger partial charge in [0.05, 0.1) is 5.69 Å². The van der Waals surface area contributed by atoms with Crippen molar-refractivity contribution in [3.63, 3.8) is 0 Å². The summed E-state index contributed by atoms with van der Waals surface area (Å²) in [6, 6.07) is 9.49. The quantitative estimate of drug-likeness (QED) is 0.925. The second kappa shape index (κ2) is 6.08. The Labute approximate surface area is 124 Å². The van der Waals surface area contributed by atoms with Crippen LogP contribution in [-0.2, 0) is 9.59 Å². The Morgan fingerprint density at radius 1 is 1.14 bits per heavy atom. The maximum absolute atomic E-state index is 12.3. The topological polar surface area (TPSA) is 61.8 Å². The van der Waals surface area contributed by atoms with Gasteiger partial charge in [0.2, 0.25) is 5.91 Å². The van der Waals surface area contributed by atoms with Gasteiger partial charge >= 0.3 is 0 Å². The van der Waals surface area contributed by atoms with Gasteiger partial charge in [-0.05, 0) is 25.0 Å². The van der Waals surface area contributed by atoms with E-state index < -0.39 is 0 Å². The molecular formula is C16H19N3O2. The molecule has 0 unspecified atom stereocenters. The molecule has 21 heavy (non-hydrogen) atoms. The van der Waals surface area contributed by atoms with E-state index in [2.05, 4.69) is 10.4 Å². The summed E-state index contributed by atoms with van der Waals surface area (Å²) >= 11 is 0. The average Bonchev–Trinajstić information content (AvgIpc) is 3.01. The van der Waals surface area contributed by atoms with Crippen molar-refractivity contribution < 1.29 is 9.59 Å². The number of hydrazone groups is 1. The number of anilines is 1. The number of carbonyl (C=O) groups excluding carboxylic acids is 2. The van der Waals surface area contributed by atoms with Gasteiger partial charge in [0.1, 0.15) is 5.71 Å². The second-order valence-corrected chi connectivity index (χ2v) is 5.54. The van der Waals surface area contributed by atoms with Gasteiger partial charge in [0, 0.05) is 18.9 Å². The molecule has 1 fully saturated rings. The predicted molar refractivity (Wildman–Crippen MR) is 81.0 cm³/mol. The first-order valence-corrected chi connectivity index (χ1v) is 7.50. The lowest BCUT2D eigenvalue weighted by Gasteiger charge is -2.23. The molecule has 0 radical (unpaired) electrons. The molecule has 2 aliphatic rings. The Morgan fingerprint density at radius 2 is 1.86 bits per heavy atom. The maximum Gasteiger partial charge on any atom is 0.267 e. The SMILES string of the molecule is O=C(NC1CCCC1)C1=NN(c2ccccc2)C(=O)CC1. The number of hydrogen-bond donors (Lipinski definition) is 1. The van der Waals surface area contributed by atoms with Gasteiger partial charge in [-0.15, -0.1) is 0 Å². The van der Waals surface area contributed by atoms with Crippen LogP contribution in [0.25, 0.3) is 0 Å². The van der Waals surface area contributed by atoms with Crippen LogP contribution in [0.2, 0.25) is 0 Å². The van der Waals surface area contributed by atoms with Gasteiger partial charge in [-0.25, -0.2) is 5.01 Å². The van der Waals surface area contributed by atoms with Crippen LogP contribution in [0, 0.1) is 0 Å². The number of amides is 2. The molecule has 2 amide bonds. The molecule has 1 aromatic carbocycles. The molecule has 1 N–H and O–H groups in total. The van der Waals surface area contributed by atoms with Crippen LogP contribution >= 0.6 is 0 Å². The van der Waals surface area contributed by atoms with E-state index >= 15 is 0 Å². The van der Waals surface area contributed by atoms with E-state index in [1.807, 2.05) is 30.3 Å². The molecule has 110 valence electrons. The fourth-order valence-corrected chi connectivity index (χ4v) is 2.83. The van der Waals surface area contributed by atoms with Crippen LogP contribution < -0.4 is 10.3 Å². The van der Waals surface area contributed by atoms with Gasteiger partial charge in [-0.3, -0.25) is 9.59 Å². The molecule has 0 saturated heterocycles. The van der Waals surface area contributed by atoms with E-state index in [4.69, 9.17) is 0 Å². The van der Waals surface area contributed by atoms with Crippen molar-refractivity contribution in [1.82, 2.24) is 5.32 Å². The fourth-order valence-electron chi connectivity index (χ4n) is 2.83. The molecule has 1 aliphatic heterocycles. The van der Waals surface area contributed by atoms with E-state index in [9.17, 15) is 9.59 Å². The highest BCUT2D eigenvalue weighted by Gasteiger charge is 2.27. The Kier molecular flexibility index (Phi) is 3.99. The molecule has 1 aromatic rings. The van der Waals surface area contributed by atoms with E-state index in [1.165, 1.54) is 17.9 Å². The van der Waals surface area contributed by atoms with Crippen molar-refractivity contribution in [3.05, 3.63) is 30.3 Å². The first-order chi connectivity index (χ1) is 10.2. The molecule has 0 atom stereocenters. The van der Waals surface area contributed by atoms with Crippen LogP contribution in [0.1, 0.15) is 38.5 Å². The molecule has 0 spiro atoms. The number of hydrogen-bond acceptors (Lipinski definition) is 3.